The molecule has 3 nitrogen and oxygen atoms in total. The van der Waals surface area contributed by atoms with Crippen molar-refractivity contribution in [2.45, 2.75) is 57.2 Å². The van der Waals surface area contributed by atoms with Gasteiger partial charge >= 0.3 is 6.18 Å². The lowest BCUT2D eigenvalue weighted by Gasteiger charge is -2.22. The van der Waals surface area contributed by atoms with Gasteiger partial charge in [-0.2, -0.15) is 13.2 Å². The number of aromatic nitrogens is 2. The summed E-state index contributed by atoms with van der Waals surface area (Å²) >= 11 is 5.57. The predicted molar refractivity (Wildman–Crippen MR) is 71.8 cm³/mol. The van der Waals surface area contributed by atoms with Gasteiger partial charge in [-0.05, 0) is 24.4 Å². The Morgan fingerprint density at radius 1 is 1.05 bits per heavy atom. The van der Waals surface area contributed by atoms with E-state index in [1.165, 1.54) is 19.3 Å². The number of alkyl halides is 3. The normalized spacial score (nSPS) is 18.4. The van der Waals surface area contributed by atoms with Crippen LogP contribution in [0.15, 0.2) is 6.07 Å². The Bertz CT molecular complexity index is 443. The van der Waals surface area contributed by atoms with Crippen LogP contribution in [0, 0.1) is 0 Å². The highest BCUT2D eigenvalue weighted by Gasteiger charge is 2.33. The summed E-state index contributed by atoms with van der Waals surface area (Å²) in [7, 11) is 0. The van der Waals surface area contributed by atoms with Gasteiger partial charge in [-0.25, -0.2) is 9.97 Å². The van der Waals surface area contributed by atoms with Crippen LogP contribution >= 0.6 is 11.6 Å². The van der Waals surface area contributed by atoms with Crippen LogP contribution in [0.2, 0.25) is 5.28 Å². The zero-order valence-electron chi connectivity index (χ0n) is 11.0. The third kappa shape index (κ3) is 4.51. The predicted octanol–water partition coefficient (Wildman–Crippen LogP) is 4.67. The second-order valence-electron chi connectivity index (χ2n) is 5.09. The lowest BCUT2D eigenvalue weighted by Crippen LogP contribution is -2.22. The van der Waals surface area contributed by atoms with Gasteiger partial charge in [0.05, 0.1) is 0 Å². The molecule has 0 unspecified atom stereocenters. The molecule has 1 N–H and O–H groups in total. The van der Waals surface area contributed by atoms with E-state index in [1.54, 1.807) is 0 Å². The van der Waals surface area contributed by atoms with Gasteiger partial charge in [0.2, 0.25) is 5.28 Å². The van der Waals surface area contributed by atoms with Gasteiger partial charge in [-0.1, -0.05) is 32.1 Å². The summed E-state index contributed by atoms with van der Waals surface area (Å²) in [5.74, 6) is 0.155. The lowest BCUT2D eigenvalue weighted by atomic mass is 9.97. The summed E-state index contributed by atoms with van der Waals surface area (Å²) in [6, 6.07) is 1.08. The smallest absolute Gasteiger partial charge is 0.367 e. The molecule has 1 aliphatic rings. The average molecular weight is 308 g/mol. The van der Waals surface area contributed by atoms with Crippen LogP contribution in [-0.2, 0) is 6.18 Å². The number of rotatable bonds is 2. The van der Waals surface area contributed by atoms with Crippen LogP contribution in [0.4, 0.5) is 19.0 Å². The molecule has 112 valence electrons. The van der Waals surface area contributed by atoms with Crippen molar-refractivity contribution >= 4 is 17.4 Å². The van der Waals surface area contributed by atoms with Crippen LogP contribution < -0.4 is 5.32 Å². The second kappa shape index (κ2) is 6.61. The maximum Gasteiger partial charge on any atom is 0.433 e. The largest absolute Gasteiger partial charge is 0.433 e. The Morgan fingerprint density at radius 2 is 1.65 bits per heavy atom. The van der Waals surface area contributed by atoms with Crippen LogP contribution in [0.25, 0.3) is 0 Å². The molecule has 1 fully saturated rings. The molecule has 7 heteroatoms. The van der Waals surface area contributed by atoms with E-state index in [0.717, 1.165) is 31.7 Å². The third-order valence-corrected chi connectivity index (χ3v) is 3.62. The van der Waals surface area contributed by atoms with Crippen LogP contribution in [0.3, 0.4) is 0 Å². The Balaban J connectivity index is 2.09. The molecule has 0 atom stereocenters. The molecule has 1 aliphatic carbocycles. The molecule has 0 aliphatic heterocycles. The molecule has 0 amide bonds. The van der Waals surface area contributed by atoms with Gasteiger partial charge in [0.1, 0.15) is 5.82 Å². The Morgan fingerprint density at radius 3 is 2.25 bits per heavy atom. The number of nitrogens with zero attached hydrogens (tertiary/aromatic N) is 2. The van der Waals surface area contributed by atoms with Crippen LogP contribution in [-0.4, -0.2) is 16.0 Å². The molecular weight excluding hydrogens is 291 g/mol. The van der Waals surface area contributed by atoms with Crippen molar-refractivity contribution in [2.75, 3.05) is 5.32 Å². The summed E-state index contributed by atoms with van der Waals surface area (Å²) in [5, 5.41) is 2.69. The molecule has 1 heterocycles. The topological polar surface area (TPSA) is 37.8 Å². The van der Waals surface area contributed by atoms with Crippen LogP contribution in [0.1, 0.15) is 50.6 Å². The molecule has 1 saturated carbocycles. The molecule has 1 aromatic heterocycles. The van der Waals surface area contributed by atoms with Gasteiger partial charge in [0.25, 0.3) is 0 Å². The van der Waals surface area contributed by atoms with E-state index in [4.69, 9.17) is 11.6 Å². The highest BCUT2D eigenvalue weighted by molar-refractivity contribution is 6.28. The number of anilines is 1. The fourth-order valence-corrected chi connectivity index (χ4v) is 2.63. The lowest BCUT2D eigenvalue weighted by molar-refractivity contribution is -0.141. The summed E-state index contributed by atoms with van der Waals surface area (Å²) in [6.45, 7) is 0. The maximum absolute atomic E-state index is 12.7. The van der Waals surface area contributed by atoms with Gasteiger partial charge < -0.3 is 5.32 Å². The van der Waals surface area contributed by atoms with E-state index in [0.29, 0.717) is 0 Å². The fourth-order valence-electron chi connectivity index (χ4n) is 2.45. The summed E-state index contributed by atoms with van der Waals surface area (Å²) < 4.78 is 38.0. The van der Waals surface area contributed by atoms with Crippen molar-refractivity contribution in [2.24, 2.45) is 0 Å². The molecule has 2 rings (SSSR count). The van der Waals surface area contributed by atoms with E-state index >= 15 is 0 Å². The van der Waals surface area contributed by atoms with Crippen molar-refractivity contribution < 1.29 is 13.2 Å². The molecule has 0 aromatic carbocycles. The van der Waals surface area contributed by atoms with Crippen LogP contribution in [0.5, 0.6) is 0 Å². The minimum atomic E-state index is -4.51. The summed E-state index contributed by atoms with van der Waals surface area (Å²) in [5.41, 5.74) is -1.01. The zero-order chi connectivity index (χ0) is 14.6. The summed E-state index contributed by atoms with van der Waals surface area (Å²) in [6.07, 6.45) is 3.15. The highest BCUT2D eigenvalue weighted by atomic mass is 35.5. The fraction of sp³-hybridized carbons (Fsp3) is 0.692. The standard InChI is InChI=1S/C13H17ClF3N3/c14-12-19-10(13(15,16)17)8-11(20-12)18-9-6-4-2-1-3-5-7-9/h8-9H,1-7H2,(H,18,19,20). The molecule has 1 aromatic rings. The Kier molecular flexibility index (Phi) is 5.07. The third-order valence-electron chi connectivity index (χ3n) is 3.45. The first-order chi connectivity index (χ1) is 9.45. The van der Waals surface area contributed by atoms with E-state index in [-0.39, 0.29) is 17.1 Å². The van der Waals surface area contributed by atoms with Crippen molar-refractivity contribution in [3.05, 3.63) is 17.0 Å². The number of halogens is 4. The van der Waals surface area contributed by atoms with E-state index in [2.05, 4.69) is 15.3 Å². The minimum absolute atomic E-state index is 0.155. The molecule has 0 saturated heterocycles. The van der Waals surface area contributed by atoms with E-state index in [9.17, 15) is 13.2 Å². The van der Waals surface area contributed by atoms with Crippen molar-refractivity contribution in [1.29, 1.82) is 0 Å². The summed E-state index contributed by atoms with van der Waals surface area (Å²) in [4.78, 5) is 7.06. The Labute approximate surface area is 120 Å². The van der Waals surface area contributed by atoms with Crippen molar-refractivity contribution in [1.82, 2.24) is 9.97 Å². The van der Waals surface area contributed by atoms with Gasteiger partial charge in [0.15, 0.2) is 5.69 Å². The average Bonchev–Trinajstić information content (AvgIpc) is 2.30. The monoisotopic (exact) mass is 307 g/mol. The van der Waals surface area contributed by atoms with E-state index < -0.39 is 11.9 Å². The van der Waals surface area contributed by atoms with Gasteiger partial charge in [0, 0.05) is 12.1 Å². The first-order valence-corrected chi connectivity index (χ1v) is 7.21. The zero-order valence-corrected chi connectivity index (χ0v) is 11.8. The first kappa shape index (κ1) is 15.4. The Hall–Kier alpha value is -1.04. The van der Waals surface area contributed by atoms with Crippen molar-refractivity contribution in [3.63, 3.8) is 0 Å². The maximum atomic E-state index is 12.7. The number of hydrogen-bond donors (Lipinski definition) is 1. The van der Waals surface area contributed by atoms with E-state index in [1.807, 2.05) is 0 Å². The van der Waals surface area contributed by atoms with Crippen molar-refractivity contribution in [3.8, 4) is 0 Å². The quantitative estimate of drug-likeness (QED) is 0.807. The number of nitrogens with one attached hydrogen (secondary N) is 1. The molecule has 0 radical (unpaired) electrons. The number of hydrogen-bond acceptors (Lipinski definition) is 3. The first-order valence-electron chi connectivity index (χ1n) is 6.83. The molecule has 0 spiro atoms. The minimum Gasteiger partial charge on any atom is -0.367 e. The SMILES string of the molecule is FC(F)(F)c1cc(NC2CCCCCCC2)nc(Cl)n1. The molecule has 20 heavy (non-hydrogen) atoms. The highest BCUT2D eigenvalue weighted by Crippen LogP contribution is 2.30. The van der Waals surface area contributed by atoms with Gasteiger partial charge in [-0.15, -0.1) is 0 Å². The second-order valence-corrected chi connectivity index (χ2v) is 5.43. The molecular formula is C13H17ClF3N3. The molecule has 0 bridgehead atoms. The van der Waals surface area contributed by atoms with Gasteiger partial charge in [-0.3, -0.25) is 0 Å².